The van der Waals surface area contributed by atoms with Gasteiger partial charge in [-0.3, -0.25) is 14.5 Å². The van der Waals surface area contributed by atoms with E-state index in [0.29, 0.717) is 24.9 Å². The van der Waals surface area contributed by atoms with Gasteiger partial charge >= 0.3 is 0 Å². The number of rotatable bonds is 7. The molecule has 0 saturated carbocycles. The second-order valence-corrected chi connectivity index (χ2v) is 9.84. The summed E-state index contributed by atoms with van der Waals surface area (Å²) in [5, 5.41) is 5.89. The highest BCUT2D eigenvalue weighted by Gasteiger charge is 2.32. The third-order valence-electron chi connectivity index (χ3n) is 4.29. The summed E-state index contributed by atoms with van der Waals surface area (Å²) >= 11 is 1.58. The lowest BCUT2D eigenvalue weighted by molar-refractivity contribution is -0.122. The molecule has 1 aliphatic heterocycles. The first-order valence-electron chi connectivity index (χ1n) is 9.15. The van der Waals surface area contributed by atoms with Crippen molar-refractivity contribution in [2.45, 2.75) is 44.6 Å². The number of hydrogen-bond acceptors (Lipinski definition) is 6. The smallest absolute Gasteiger partial charge is 0.263 e. The Morgan fingerprint density at radius 1 is 1.32 bits per heavy atom. The zero-order valence-electron chi connectivity index (χ0n) is 16.1. The second-order valence-electron chi connectivity index (χ2n) is 7.12. The molecular formula is C19H24N4O3S2. The number of sulfonamides is 1. The normalized spacial score (nSPS) is 17.4. The molecule has 1 aromatic carbocycles. The average molecular weight is 421 g/mol. The Kier molecular flexibility index (Phi) is 6.14. The standard InChI is InChI=1S/C19H24N4O3S2/c1-12(2)10-16(19(24)20-9-8-14-11-27-13(3)21-14)22-18-15-6-4-5-7-17(15)28(25,26)23-18/h4-7,11-12,16H,8-10H2,1-3H3,(H,20,24)(H,22,23). The van der Waals surface area contributed by atoms with Crippen molar-refractivity contribution in [2.75, 3.05) is 6.54 Å². The number of thiazole rings is 1. The van der Waals surface area contributed by atoms with E-state index in [2.05, 4.69) is 20.0 Å². The van der Waals surface area contributed by atoms with E-state index in [1.54, 1.807) is 29.5 Å². The minimum Gasteiger partial charge on any atom is -0.354 e. The number of amidine groups is 1. The van der Waals surface area contributed by atoms with Crippen LogP contribution in [0, 0.1) is 12.8 Å². The fourth-order valence-electron chi connectivity index (χ4n) is 3.01. The van der Waals surface area contributed by atoms with Crippen LogP contribution in [-0.4, -0.2) is 37.7 Å². The average Bonchev–Trinajstić information content (AvgIpc) is 3.15. The van der Waals surface area contributed by atoms with E-state index in [0.717, 1.165) is 10.7 Å². The molecule has 0 bridgehead atoms. The fraction of sp³-hybridized carbons (Fsp3) is 0.421. The number of nitrogens with one attached hydrogen (secondary N) is 2. The van der Waals surface area contributed by atoms with Crippen LogP contribution >= 0.6 is 11.3 Å². The summed E-state index contributed by atoms with van der Waals surface area (Å²) in [6.07, 6.45) is 1.17. The molecule has 3 rings (SSSR count). The molecule has 28 heavy (non-hydrogen) atoms. The van der Waals surface area contributed by atoms with Crippen molar-refractivity contribution in [2.24, 2.45) is 10.9 Å². The SMILES string of the molecule is Cc1nc(CCNC(=O)C(CC(C)C)N=C2NS(=O)(=O)c3ccccc32)cs1. The number of carbonyl (C=O) groups excluding carboxylic acids is 1. The number of aliphatic imine (C=N–C) groups is 1. The first-order chi connectivity index (χ1) is 13.3. The molecule has 0 aliphatic carbocycles. The highest BCUT2D eigenvalue weighted by atomic mass is 32.2. The van der Waals surface area contributed by atoms with E-state index in [9.17, 15) is 13.2 Å². The van der Waals surface area contributed by atoms with Gasteiger partial charge in [0.25, 0.3) is 10.0 Å². The minimum absolute atomic E-state index is 0.191. The Morgan fingerprint density at radius 2 is 2.07 bits per heavy atom. The van der Waals surface area contributed by atoms with Gasteiger partial charge in [-0.1, -0.05) is 26.0 Å². The molecule has 150 valence electrons. The van der Waals surface area contributed by atoms with Gasteiger partial charge < -0.3 is 5.32 Å². The molecule has 0 saturated heterocycles. The van der Waals surface area contributed by atoms with Gasteiger partial charge in [0.2, 0.25) is 5.91 Å². The van der Waals surface area contributed by atoms with Gasteiger partial charge in [-0.05, 0) is 31.4 Å². The minimum atomic E-state index is -3.62. The lowest BCUT2D eigenvalue weighted by Crippen LogP contribution is -2.37. The summed E-state index contributed by atoms with van der Waals surface area (Å²) in [6.45, 7) is 6.42. The topological polar surface area (TPSA) is 101 Å². The molecule has 1 atom stereocenters. The predicted molar refractivity (Wildman–Crippen MR) is 110 cm³/mol. The Morgan fingerprint density at radius 3 is 2.75 bits per heavy atom. The van der Waals surface area contributed by atoms with E-state index >= 15 is 0 Å². The van der Waals surface area contributed by atoms with Crippen molar-refractivity contribution < 1.29 is 13.2 Å². The molecule has 1 aromatic heterocycles. The van der Waals surface area contributed by atoms with Crippen LogP contribution in [0.15, 0.2) is 39.5 Å². The summed E-state index contributed by atoms with van der Waals surface area (Å²) in [6, 6.07) is 5.98. The molecule has 1 unspecified atom stereocenters. The fourth-order valence-corrected chi connectivity index (χ4v) is 4.89. The van der Waals surface area contributed by atoms with Crippen molar-refractivity contribution in [1.29, 1.82) is 0 Å². The van der Waals surface area contributed by atoms with Crippen molar-refractivity contribution in [3.05, 3.63) is 45.9 Å². The maximum Gasteiger partial charge on any atom is 0.263 e. The molecule has 7 nitrogen and oxygen atoms in total. The second kappa shape index (κ2) is 8.40. The first kappa shape index (κ1) is 20.5. The third-order valence-corrected chi connectivity index (χ3v) is 6.51. The van der Waals surface area contributed by atoms with Crippen LogP contribution < -0.4 is 10.0 Å². The summed E-state index contributed by atoms with van der Waals surface area (Å²) in [7, 11) is -3.62. The van der Waals surface area contributed by atoms with Gasteiger partial charge in [-0.2, -0.15) is 0 Å². The molecule has 9 heteroatoms. The van der Waals surface area contributed by atoms with Crippen molar-refractivity contribution >= 4 is 33.1 Å². The van der Waals surface area contributed by atoms with Crippen LogP contribution in [0.3, 0.4) is 0 Å². The Balaban J connectivity index is 1.75. The van der Waals surface area contributed by atoms with E-state index in [1.165, 1.54) is 6.07 Å². The van der Waals surface area contributed by atoms with Crippen LogP contribution in [0.2, 0.25) is 0 Å². The van der Waals surface area contributed by atoms with Gasteiger partial charge in [-0.15, -0.1) is 11.3 Å². The van der Waals surface area contributed by atoms with Crippen LogP contribution in [-0.2, 0) is 21.2 Å². The summed E-state index contributed by atoms with van der Waals surface area (Å²) in [4.78, 5) is 21.8. The van der Waals surface area contributed by atoms with Crippen molar-refractivity contribution in [3.63, 3.8) is 0 Å². The number of fused-ring (bicyclic) bond motifs is 1. The molecular weight excluding hydrogens is 396 g/mol. The number of amides is 1. The largest absolute Gasteiger partial charge is 0.354 e. The number of carbonyl (C=O) groups is 1. The summed E-state index contributed by atoms with van der Waals surface area (Å²) < 4.78 is 27.0. The lowest BCUT2D eigenvalue weighted by Gasteiger charge is -2.16. The zero-order valence-corrected chi connectivity index (χ0v) is 17.7. The van der Waals surface area contributed by atoms with Gasteiger partial charge in [0.05, 0.1) is 15.6 Å². The van der Waals surface area contributed by atoms with Crippen LogP contribution in [0.1, 0.15) is 36.5 Å². The van der Waals surface area contributed by atoms with E-state index in [-0.39, 0.29) is 22.6 Å². The van der Waals surface area contributed by atoms with Crippen LogP contribution in [0.4, 0.5) is 0 Å². The van der Waals surface area contributed by atoms with Gasteiger partial charge in [0, 0.05) is 23.9 Å². The first-order valence-corrected chi connectivity index (χ1v) is 11.5. The highest BCUT2D eigenvalue weighted by molar-refractivity contribution is 7.90. The maximum atomic E-state index is 12.7. The van der Waals surface area contributed by atoms with Crippen LogP contribution in [0.5, 0.6) is 0 Å². The molecule has 1 aliphatic rings. The Labute approximate surface area is 169 Å². The molecule has 2 aromatic rings. The number of nitrogens with zero attached hydrogens (tertiary/aromatic N) is 2. The number of benzene rings is 1. The summed E-state index contributed by atoms with van der Waals surface area (Å²) in [5.41, 5.74) is 1.45. The third kappa shape index (κ3) is 4.77. The van der Waals surface area contributed by atoms with Gasteiger partial charge in [-0.25, -0.2) is 13.4 Å². The number of aryl methyl sites for hydroxylation is 1. The Bertz CT molecular complexity index is 996. The van der Waals surface area contributed by atoms with Gasteiger partial charge in [0.1, 0.15) is 11.9 Å². The zero-order chi connectivity index (χ0) is 20.3. The van der Waals surface area contributed by atoms with E-state index in [1.807, 2.05) is 26.2 Å². The molecule has 2 heterocycles. The number of aromatic nitrogens is 1. The molecule has 1 amide bonds. The summed E-state index contributed by atoms with van der Waals surface area (Å²) in [5.74, 6) is 0.248. The lowest BCUT2D eigenvalue weighted by atomic mass is 10.0. The molecule has 0 fully saturated rings. The molecule has 0 radical (unpaired) electrons. The molecule has 0 spiro atoms. The maximum absolute atomic E-state index is 12.7. The Hall–Kier alpha value is -2.26. The van der Waals surface area contributed by atoms with Gasteiger partial charge in [0.15, 0.2) is 0 Å². The number of hydrogen-bond donors (Lipinski definition) is 2. The van der Waals surface area contributed by atoms with Crippen LogP contribution in [0.25, 0.3) is 0 Å². The monoisotopic (exact) mass is 420 g/mol. The quantitative estimate of drug-likeness (QED) is 0.717. The van der Waals surface area contributed by atoms with E-state index < -0.39 is 16.1 Å². The van der Waals surface area contributed by atoms with E-state index in [4.69, 9.17) is 0 Å². The molecule has 2 N–H and O–H groups in total. The highest BCUT2D eigenvalue weighted by Crippen LogP contribution is 2.23. The van der Waals surface area contributed by atoms with Crippen molar-refractivity contribution in [3.8, 4) is 0 Å². The predicted octanol–water partition coefficient (Wildman–Crippen LogP) is 2.26. The van der Waals surface area contributed by atoms with Crippen molar-refractivity contribution in [1.82, 2.24) is 15.0 Å².